The lowest BCUT2D eigenvalue weighted by Gasteiger charge is -2.13. The van der Waals surface area contributed by atoms with Gasteiger partial charge in [-0.05, 0) is 44.2 Å². The van der Waals surface area contributed by atoms with Crippen molar-refractivity contribution in [3.63, 3.8) is 0 Å². The molecule has 0 radical (unpaired) electrons. The summed E-state index contributed by atoms with van der Waals surface area (Å²) in [5.41, 5.74) is -1.31. The lowest BCUT2D eigenvalue weighted by molar-refractivity contribution is -0.137. The first kappa shape index (κ1) is 22.7. The molecule has 0 atom stereocenters. The van der Waals surface area contributed by atoms with Crippen LogP contribution in [0, 0.1) is 6.92 Å². The molecule has 0 spiro atoms. The van der Waals surface area contributed by atoms with E-state index in [0.29, 0.717) is 11.8 Å². The zero-order valence-corrected chi connectivity index (χ0v) is 17.1. The third kappa shape index (κ3) is 5.02. The van der Waals surface area contributed by atoms with Crippen molar-refractivity contribution in [2.75, 3.05) is 11.9 Å². The highest BCUT2D eigenvalue weighted by Crippen LogP contribution is 2.29. The summed E-state index contributed by atoms with van der Waals surface area (Å²) < 4.78 is 44.8. The number of carbonyl (C=O) groups excluding carboxylic acids is 2. The molecule has 0 unspecified atom stereocenters. The summed E-state index contributed by atoms with van der Waals surface area (Å²) in [7, 11) is 0. The normalized spacial score (nSPS) is 11.2. The van der Waals surface area contributed by atoms with E-state index in [0.717, 1.165) is 28.4 Å². The number of aromatic nitrogens is 2. The number of aryl methyl sites for hydroxylation is 1. The molecule has 32 heavy (non-hydrogen) atoms. The molecule has 0 saturated carbocycles. The molecule has 0 saturated heterocycles. The maximum Gasteiger partial charge on any atom is 0.416 e. The number of alkyl halides is 3. The number of hydrogen-bond acceptors (Lipinski definition) is 5. The monoisotopic (exact) mass is 445 g/mol. The second kappa shape index (κ2) is 9.04. The predicted molar refractivity (Wildman–Crippen MR) is 110 cm³/mol. The Morgan fingerprint density at radius 3 is 2.41 bits per heavy atom. The first-order valence-electron chi connectivity index (χ1n) is 9.47. The zero-order valence-electron chi connectivity index (χ0n) is 17.1. The lowest BCUT2D eigenvalue weighted by Crippen LogP contribution is -2.27. The van der Waals surface area contributed by atoms with Crippen LogP contribution in [-0.2, 0) is 10.9 Å². The molecule has 7 nitrogen and oxygen atoms in total. The number of ether oxygens (including phenoxy) is 1. The number of carbonyl (C=O) groups is 2. The fourth-order valence-corrected chi connectivity index (χ4v) is 2.80. The van der Waals surface area contributed by atoms with Gasteiger partial charge in [0.15, 0.2) is 5.69 Å². The molecule has 1 N–H and O–H groups in total. The molecule has 166 valence electrons. The van der Waals surface area contributed by atoms with Crippen LogP contribution in [0.5, 0.6) is 0 Å². The van der Waals surface area contributed by atoms with Crippen molar-refractivity contribution in [1.82, 2.24) is 9.78 Å². The minimum atomic E-state index is -4.64. The van der Waals surface area contributed by atoms with Crippen molar-refractivity contribution in [1.29, 1.82) is 0 Å². The number of nitrogens with one attached hydrogen (secondary N) is 1. The van der Waals surface area contributed by atoms with Gasteiger partial charge in [-0.15, -0.1) is 0 Å². The number of benzene rings is 2. The average molecular weight is 445 g/mol. The molecule has 0 fully saturated rings. The van der Waals surface area contributed by atoms with Crippen LogP contribution >= 0.6 is 0 Å². The molecule has 2 aromatic carbocycles. The van der Waals surface area contributed by atoms with E-state index in [-0.39, 0.29) is 23.6 Å². The summed E-state index contributed by atoms with van der Waals surface area (Å²) in [5, 5.41) is 6.32. The summed E-state index contributed by atoms with van der Waals surface area (Å²) in [4.78, 5) is 37.6. The maximum absolute atomic E-state index is 12.9. The topological polar surface area (TPSA) is 90.3 Å². The highest BCUT2D eigenvalue weighted by Gasteiger charge is 2.31. The van der Waals surface area contributed by atoms with Crippen molar-refractivity contribution in [3.05, 3.63) is 87.3 Å². The summed E-state index contributed by atoms with van der Waals surface area (Å²) in [6, 6.07) is 11.5. The van der Waals surface area contributed by atoms with Gasteiger partial charge in [-0.2, -0.15) is 23.0 Å². The van der Waals surface area contributed by atoms with E-state index in [2.05, 4.69) is 10.4 Å². The Bertz CT molecular complexity index is 1220. The van der Waals surface area contributed by atoms with Gasteiger partial charge >= 0.3 is 12.1 Å². The molecule has 3 rings (SSSR count). The largest absolute Gasteiger partial charge is 0.461 e. The van der Waals surface area contributed by atoms with Gasteiger partial charge in [0.25, 0.3) is 11.5 Å². The molecule has 3 aromatic rings. The maximum atomic E-state index is 12.9. The number of hydrogen-bond donors (Lipinski definition) is 1. The summed E-state index contributed by atoms with van der Waals surface area (Å²) in [5.74, 6) is -1.86. The van der Waals surface area contributed by atoms with Crippen LogP contribution in [-0.4, -0.2) is 28.3 Å². The van der Waals surface area contributed by atoms with Crippen LogP contribution < -0.4 is 10.9 Å². The van der Waals surface area contributed by atoms with E-state index >= 15 is 0 Å². The summed E-state index contributed by atoms with van der Waals surface area (Å²) in [6.45, 7) is 3.43. The minimum Gasteiger partial charge on any atom is -0.461 e. The smallest absolute Gasteiger partial charge is 0.416 e. The Morgan fingerprint density at radius 1 is 1.09 bits per heavy atom. The minimum absolute atomic E-state index is 0.00514. The summed E-state index contributed by atoms with van der Waals surface area (Å²) >= 11 is 0. The molecule has 0 bridgehead atoms. The molecule has 0 aliphatic carbocycles. The van der Waals surface area contributed by atoms with E-state index in [9.17, 15) is 27.6 Å². The van der Waals surface area contributed by atoms with Crippen LogP contribution in [0.15, 0.2) is 59.4 Å². The molecule has 0 aliphatic rings. The van der Waals surface area contributed by atoms with E-state index in [1.54, 1.807) is 31.2 Å². The van der Waals surface area contributed by atoms with E-state index in [1.165, 1.54) is 6.07 Å². The van der Waals surface area contributed by atoms with Crippen LogP contribution in [0.4, 0.5) is 18.9 Å². The van der Waals surface area contributed by atoms with Gasteiger partial charge in [-0.25, -0.2) is 4.79 Å². The van der Waals surface area contributed by atoms with Crippen molar-refractivity contribution < 1.29 is 27.5 Å². The third-order valence-electron chi connectivity index (χ3n) is 4.38. The van der Waals surface area contributed by atoms with E-state index in [1.807, 2.05) is 6.92 Å². The van der Waals surface area contributed by atoms with Gasteiger partial charge in [-0.1, -0.05) is 23.8 Å². The number of nitrogens with zero attached hydrogens (tertiary/aromatic N) is 2. The van der Waals surface area contributed by atoms with Gasteiger partial charge in [0.05, 0.1) is 23.5 Å². The quantitative estimate of drug-likeness (QED) is 0.600. The SMILES string of the molecule is CCOC(=O)c1nn(-c2ccc(C)cc2)c(=O)cc1NC(=O)c1cccc(C(F)(F)F)c1. The Kier molecular flexibility index (Phi) is 6.42. The second-order valence-electron chi connectivity index (χ2n) is 6.75. The van der Waals surface area contributed by atoms with Crippen LogP contribution in [0.25, 0.3) is 5.69 Å². The standard InChI is InChI=1S/C22H18F3N3O4/c1-3-32-21(31)19-17(12-18(29)28(27-19)16-9-7-13(2)8-10-16)26-20(30)14-5-4-6-15(11-14)22(23,24)25/h4-12H,3H2,1-2H3,(H,26,30). The Hall–Kier alpha value is -3.95. The molecular weight excluding hydrogens is 427 g/mol. The predicted octanol–water partition coefficient (Wildman–Crippen LogP) is 3.99. The van der Waals surface area contributed by atoms with Gasteiger partial charge in [0.2, 0.25) is 0 Å². The van der Waals surface area contributed by atoms with E-state index < -0.39 is 29.2 Å². The van der Waals surface area contributed by atoms with Gasteiger partial charge in [-0.3, -0.25) is 9.59 Å². The highest BCUT2D eigenvalue weighted by atomic mass is 19.4. The van der Waals surface area contributed by atoms with E-state index in [4.69, 9.17) is 4.74 Å². The van der Waals surface area contributed by atoms with Crippen LogP contribution in [0.1, 0.15) is 38.9 Å². The summed E-state index contributed by atoms with van der Waals surface area (Å²) in [6.07, 6.45) is -4.64. The first-order chi connectivity index (χ1) is 15.1. The number of halogens is 3. The molecule has 1 heterocycles. The van der Waals surface area contributed by atoms with Crippen molar-refractivity contribution >= 4 is 17.6 Å². The second-order valence-corrected chi connectivity index (χ2v) is 6.75. The fraction of sp³-hybridized carbons (Fsp3) is 0.182. The number of amides is 1. The Balaban J connectivity index is 2.03. The molecular formula is C22H18F3N3O4. The number of rotatable bonds is 5. The number of esters is 1. The van der Waals surface area contributed by atoms with Crippen molar-refractivity contribution in [2.45, 2.75) is 20.0 Å². The van der Waals surface area contributed by atoms with Crippen LogP contribution in [0.3, 0.4) is 0 Å². The van der Waals surface area contributed by atoms with Gasteiger partial charge < -0.3 is 10.1 Å². The highest BCUT2D eigenvalue weighted by molar-refractivity contribution is 6.07. The molecule has 10 heteroatoms. The number of anilines is 1. The first-order valence-corrected chi connectivity index (χ1v) is 9.47. The third-order valence-corrected chi connectivity index (χ3v) is 4.38. The molecule has 1 aromatic heterocycles. The van der Waals surface area contributed by atoms with Gasteiger partial charge in [0, 0.05) is 11.6 Å². The average Bonchev–Trinajstić information content (AvgIpc) is 2.74. The Morgan fingerprint density at radius 2 is 1.78 bits per heavy atom. The van der Waals surface area contributed by atoms with Crippen molar-refractivity contribution in [2.24, 2.45) is 0 Å². The van der Waals surface area contributed by atoms with Gasteiger partial charge in [0.1, 0.15) is 0 Å². The fourth-order valence-electron chi connectivity index (χ4n) is 2.80. The van der Waals surface area contributed by atoms with Crippen LogP contribution in [0.2, 0.25) is 0 Å². The molecule has 1 amide bonds. The molecule has 0 aliphatic heterocycles. The zero-order chi connectivity index (χ0) is 23.5. The Labute approximate surface area is 180 Å². The van der Waals surface area contributed by atoms with Crippen molar-refractivity contribution in [3.8, 4) is 5.69 Å². The lowest BCUT2D eigenvalue weighted by atomic mass is 10.1.